The Morgan fingerprint density at radius 2 is 2.25 bits per heavy atom. The van der Waals surface area contributed by atoms with E-state index in [2.05, 4.69) is 10.1 Å². The summed E-state index contributed by atoms with van der Waals surface area (Å²) in [4.78, 5) is 18.1. The van der Waals surface area contributed by atoms with Crippen LogP contribution in [0, 0.1) is 13.8 Å². The van der Waals surface area contributed by atoms with Crippen LogP contribution in [0.15, 0.2) is 5.16 Å². The minimum Gasteiger partial charge on any atom is -0.409 e. The number of likely N-dealkylation sites (N-methyl/N-ethyl adjacent to an activating group) is 1. The Labute approximate surface area is 97.4 Å². The Kier molecular flexibility index (Phi) is 3.83. The van der Waals surface area contributed by atoms with Crippen molar-refractivity contribution in [3.05, 3.63) is 15.6 Å². The highest BCUT2D eigenvalue weighted by atomic mass is 32.1. The van der Waals surface area contributed by atoms with E-state index in [1.165, 1.54) is 16.2 Å². The summed E-state index contributed by atoms with van der Waals surface area (Å²) < 4.78 is 0. The predicted molar refractivity (Wildman–Crippen MR) is 62.0 cm³/mol. The lowest BCUT2D eigenvalue weighted by atomic mass is 10.3. The fourth-order valence-electron chi connectivity index (χ4n) is 1.25. The molecule has 1 heterocycles. The van der Waals surface area contributed by atoms with Crippen LogP contribution in [-0.2, 0) is 0 Å². The number of thiazole rings is 1. The van der Waals surface area contributed by atoms with Crippen molar-refractivity contribution >= 4 is 23.1 Å². The van der Waals surface area contributed by atoms with Crippen LogP contribution in [0.1, 0.15) is 20.4 Å². The highest BCUT2D eigenvalue weighted by Crippen LogP contribution is 2.18. The van der Waals surface area contributed by atoms with Gasteiger partial charge in [0, 0.05) is 7.05 Å². The second-order valence-corrected chi connectivity index (χ2v) is 4.60. The van der Waals surface area contributed by atoms with Crippen molar-refractivity contribution in [2.24, 2.45) is 10.9 Å². The highest BCUT2D eigenvalue weighted by molar-refractivity contribution is 7.13. The molecule has 88 valence electrons. The third-order valence-corrected chi connectivity index (χ3v) is 3.03. The Bertz CT molecular complexity index is 427. The first-order chi connectivity index (χ1) is 7.45. The summed E-state index contributed by atoms with van der Waals surface area (Å²) in [6.07, 6.45) is 0. The molecular weight excluding hydrogens is 228 g/mol. The topological polar surface area (TPSA) is 91.8 Å². The molecule has 0 aromatic carbocycles. The molecule has 0 fully saturated rings. The molecule has 6 nitrogen and oxygen atoms in total. The zero-order valence-electron chi connectivity index (χ0n) is 9.39. The Hall–Kier alpha value is -1.63. The van der Waals surface area contributed by atoms with Gasteiger partial charge >= 0.3 is 0 Å². The molecule has 1 aromatic rings. The number of nitrogens with two attached hydrogens (primary N) is 1. The average Bonchev–Trinajstić information content (AvgIpc) is 2.56. The van der Waals surface area contributed by atoms with Crippen molar-refractivity contribution in [3.8, 4) is 0 Å². The number of nitrogens with zero attached hydrogens (tertiary/aromatic N) is 3. The number of oxime groups is 1. The highest BCUT2D eigenvalue weighted by Gasteiger charge is 2.18. The zero-order valence-corrected chi connectivity index (χ0v) is 10.2. The molecule has 1 amide bonds. The molecule has 3 N–H and O–H groups in total. The van der Waals surface area contributed by atoms with Gasteiger partial charge in [0.1, 0.15) is 4.88 Å². The summed E-state index contributed by atoms with van der Waals surface area (Å²) in [6.45, 7) is 3.72. The molecule has 0 spiro atoms. The predicted octanol–water partition coefficient (Wildman–Crippen LogP) is 0.578. The Morgan fingerprint density at radius 3 is 2.69 bits per heavy atom. The van der Waals surface area contributed by atoms with Gasteiger partial charge in [-0.2, -0.15) is 0 Å². The lowest BCUT2D eigenvalue weighted by molar-refractivity contribution is 0.0817. The van der Waals surface area contributed by atoms with E-state index in [1.807, 2.05) is 6.92 Å². The van der Waals surface area contributed by atoms with E-state index in [0.29, 0.717) is 10.6 Å². The normalized spacial score (nSPS) is 11.6. The minimum absolute atomic E-state index is 0.00487. The van der Waals surface area contributed by atoms with Crippen LogP contribution in [0.5, 0.6) is 0 Å². The Morgan fingerprint density at radius 1 is 1.62 bits per heavy atom. The summed E-state index contributed by atoms with van der Waals surface area (Å²) in [5.41, 5.74) is 6.03. The quantitative estimate of drug-likeness (QED) is 0.351. The SMILES string of the molecule is Cc1nc(C)c(C(=O)N(C)CC(N)=NO)s1. The van der Waals surface area contributed by atoms with E-state index in [9.17, 15) is 4.79 Å². The summed E-state index contributed by atoms with van der Waals surface area (Å²) in [7, 11) is 1.59. The smallest absolute Gasteiger partial charge is 0.266 e. The maximum Gasteiger partial charge on any atom is 0.266 e. The fourth-order valence-corrected chi connectivity index (χ4v) is 2.16. The van der Waals surface area contributed by atoms with Crippen molar-refractivity contribution in [2.75, 3.05) is 13.6 Å². The number of rotatable bonds is 3. The number of amidine groups is 1. The van der Waals surface area contributed by atoms with Crippen LogP contribution >= 0.6 is 11.3 Å². The van der Waals surface area contributed by atoms with Crippen molar-refractivity contribution in [2.45, 2.75) is 13.8 Å². The van der Waals surface area contributed by atoms with Crippen LogP contribution in [0.4, 0.5) is 0 Å². The molecule has 1 rings (SSSR count). The molecule has 0 unspecified atom stereocenters. The first-order valence-corrected chi connectivity index (χ1v) is 5.43. The number of hydrogen-bond donors (Lipinski definition) is 2. The second-order valence-electron chi connectivity index (χ2n) is 3.40. The maximum absolute atomic E-state index is 11.9. The number of hydrogen-bond acceptors (Lipinski definition) is 5. The molecule has 0 saturated heterocycles. The van der Waals surface area contributed by atoms with Gasteiger partial charge in [-0.15, -0.1) is 11.3 Å². The van der Waals surface area contributed by atoms with E-state index in [4.69, 9.17) is 10.9 Å². The number of aryl methyl sites for hydroxylation is 2. The van der Waals surface area contributed by atoms with Crippen molar-refractivity contribution in [3.63, 3.8) is 0 Å². The summed E-state index contributed by atoms with van der Waals surface area (Å²) in [5, 5.41) is 12.1. The Balaban J connectivity index is 2.82. The third kappa shape index (κ3) is 2.69. The van der Waals surface area contributed by atoms with Crippen molar-refractivity contribution in [1.29, 1.82) is 0 Å². The van der Waals surface area contributed by atoms with E-state index >= 15 is 0 Å². The van der Waals surface area contributed by atoms with E-state index < -0.39 is 0 Å². The molecule has 0 saturated carbocycles. The average molecular weight is 242 g/mol. The first-order valence-electron chi connectivity index (χ1n) is 4.61. The van der Waals surface area contributed by atoms with Gasteiger partial charge in [0.2, 0.25) is 0 Å². The van der Waals surface area contributed by atoms with Gasteiger partial charge in [0.15, 0.2) is 5.84 Å². The lowest BCUT2D eigenvalue weighted by Gasteiger charge is -2.15. The van der Waals surface area contributed by atoms with Crippen molar-refractivity contribution in [1.82, 2.24) is 9.88 Å². The van der Waals surface area contributed by atoms with E-state index in [1.54, 1.807) is 14.0 Å². The van der Waals surface area contributed by atoms with Gasteiger partial charge in [-0.3, -0.25) is 4.79 Å². The van der Waals surface area contributed by atoms with Gasteiger partial charge in [0.25, 0.3) is 5.91 Å². The molecule has 0 aliphatic heterocycles. The van der Waals surface area contributed by atoms with E-state index in [-0.39, 0.29) is 18.3 Å². The lowest BCUT2D eigenvalue weighted by Crippen LogP contribution is -2.35. The van der Waals surface area contributed by atoms with Crippen molar-refractivity contribution < 1.29 is 10.0 Å². The molecule has 16 heavy (non-hydrogen) atoms. The van der Waals surface area contributed by atoms with Gasteiger partial charge < -0.3 is 15.8 Å². The van der Waals surface area contributed by atoms with Crippen LogP contribution < -0.4 is 5.73 Å². The van der Waals surface area contributed by atoms with Crippen LogP contribution in [0.3, 0.4) is 0 Å². The second kappa shape index (κ2) is 4.93. The van der Waals surface area contributed by atoms with Gasteiger partial charge in [-0.1, -0.05) is 5.16 Å². The monoisotopic (exact) mass is 242 g/mol. The summed E-state index contributed by atoms with van der Waals surface area (Å²) in [6, 6.07) is 0. The molecule has 1 aromatic heterocycles. The first kappa shape index (κ1) is 12.4. The number of carbonyl (C=O) groups excluding carboxylic acids is 1. The van der Waals surface area contributed by atoms with Gasteiger partial charge in [-0.05, 0) is 13.8 Å². The molecule has 0 bridgehead atoms. The number of amides is 1. The van der Waals surface area contributed by atoms with Crippen LogP contribution in [-0.4, -0.2) is 40.4 Å². The molecule has 7 heteroatoms. The van der Waals surface area contributed by atoms with Crippen LogP contribution in [0.2, 0.25) is 0 Å². The molecule has 0 aliphatic rings. The largest absolute Gasteiger partial charge is 0.409 e. The zero-order chi connectivity index (χ0) is 12.3. The molecule has 0 aliphatic carbocycles. The number of aromatic nitrogens is 1. The number of carbonyl (C=O) groups is 1. The maximum atomic E-state index is 11.9. The molecule has 0 atom stereocenters. The fraction of sp³-hybridized carbons (Fsp3) is 0.444. The minimum atomic E-state index is -0.172. The van der Waals surface area contributed by atoms with Gasteiger partial charge in [-0.25, -0.2) is 4.98 Å². The summed E-state index contributed by atoms with van der Waals surface area (Å²) >= 11 is 1.34. The van der Waals surface area contributed by atoms with Crippen LogP contribution in [0.25, 0.3) is 0 Å². The molecular formula is C9H14N4O2S. The molecule has 0 radical (unpaired) electrons. The third-order valence-electron chi connectivity index (χ3n) is 1.97. The summed E-state index contributed by atoms with van der Waals surface area (Å²) in [5.74, 6) is -0.176. The standard InChI is InChI=1S/C9H14N4O2S/c1-5-8(16-6(2)11-5)9(14)13(3)4-7(10)12-15/h15H,4H2,1-3H3,(H2,10,12). The van der Waals surface area contributed by atoms with Gasteiger partial charge in [0.05, 0.1) is 17.2 Å². The van der Waals surface area contributed by atoms with E-state index in [0.717, 1.165) is 5.01 Å².